The summed E-state index contributed by atoms with van der Waals surface area (Å²) in [5, 5.41) is 0. The Morgan fingerprint density at radius 3 is 3.00 bits per heavy atom. The third kappa shape index (κ3) is 4.61. The molecule has 0 saturated heterocycles. The summed E-state index contributed by atoms with van der Waals surface area (Å²) < 4.78 is 0. The molecule has 1 aliphatic carbocycles. The van der Waals surface area contributed by atoms with Gasteiger partial charge in [0.15, 0.2) is 0 Å². The van der Waals surface area contributed by atoms with Crippen LogP contribution in [-0.4, -0.2) is 6.21 Å². The molecule has 1 nitrogen and oxygen atoms in total. The number of rotatable bonds is 5. The molecule has 0 aromatic carbocycles. The quantitative estimate of drug-likeness (QED) is 0.468. The molecule has 1 atom stereocenters. The van der Waals surface area contributed by atoms with Crippen LogP contribution in [0.3, 0.4) is 0 Å². The molecule has 0 heterocycles. The van der Waals surface area contributed by atoms with Gasteiger partial charge in [-0.2, -0.15) is 0 Å². The minimum Gasteiger partial charge on any atom is -0.266 e. The normalized spacial score (nSPS) is 22.2. The van der Waals surface area contributed by atoms with E-state index in [0.717, 1.165) is 18.8 Å². The maximum atomic E-state index is 4.46. The lowest BCUT2D eigenvalue weighted by molar-refractivity contribution is 0.464. The van der Waals surface area contributed by atoms with Crippen molar-refractivity contribution in [2.75, 3.05) is 0 Å². The van der Waals surface area contributed by atoms with Gasteiger partial charge in [-0.25, -0.2) is 0 Å². The molecule has 1 unspecified atom stereocenters. The van der Waals surface area contributed by atoms with Crippen LogP contribution in [0.5, 0.6) is 0 Å². The summed E-state index contributed by atoms with van der Waals surface area (Å²) in [5.74, 6) is 0.803. The Labute approximate surface area is 99.7 Å². The molecule has 0 saturated carbocycles. The predicted molar refractivity (Wildman–Crippen MR) is 72.8 cm³/mol. The zero-order chi connectivity index (χ0) is 11.8. The molecule has 1 aliphatic rings. The maximum absolute atomic E-state index is 4.46. The Bertz CT molecular complexity index is 307. The molecule has 1 heteroatoms. The van der Waals surface area contributed by atoms with Crippen molar-refractivity contribution in [1.82, 2.24) is 0 Å². The van der Waals surface area contributed by atoms with Crippen LogP contribution in [-0.2, 0) is 0 Å². The van der Waals surface area contributed by atoms with Crippen molar-refractivity contribution in [3.8, 4) is 0 Å². The Morgan fingerprint density at radius 1 is 1.62 bits per heavy atom. The third-order valence-corrected chi connectivity index (χ3v) is 2.95. The predicted octanol–water partition coefficient (Wildman–Crippen LogP) is 4.67. The Balaban J connectivity index is 2.42. The summed E-state index contributed by atoms with van der Waals surface area (Å²) in [5.41, 5.74) is 2.72. The van der Waals surface area contributed by atoms with Crippen LogP contribution in [0, 0.1) is 5.92 Å². The average Bonchev–Trinajstić information content (AvgIpc) is 2.28. The summed E-state index contributed by atoms with van der Waals surface area (Å²) in [6.07, 6.45) is 14.1. The summed E-state index contributed by atoms with van der Waals surface area (Å²) in [6.45, 7) is 8.05. The Morgan fingerprint density at radius 2 is 2.44 bits per heavy atom. The highest BCUT2D eigenvalue weighted by atomic mass is 14.7. The molecular formula is C15H23N. The Kier molecular flexibility index (Phi) is 5.84. The second-order valence-corrected chi connectivity index (χ2v) is 4.51. The van der Waals surface area contributed by atoms with Gasteiger partial charge in [0.25, 0.3) is 0 Å². The molecule has 0 bridgehead atoms. The number of allylic oxidation sites excluding steroid dienone is 5. The monoisotopic (exact) mass is 217 g/mol. The number of hydrogen-bond acceptors (Lipinski definition) is 1. The largest absolute Gasteiger partial charge is 0.266 e. The standard InChI is InChI=1S/C15H23N/c1-4-6-13(3)12-14-7-9-15(10-8-14)16-11-5-2/h4,6,9,11,14H,1,5,7-8,10,12H2,2-3H3/b13-6+,16-11?. The lowest BCUT2D eigenvalue weighted by atomic mass is 9.87. The molecule has 0 N–H and O–H groups in total. The molecule has 0 radical (unpaired) electrons. The van der Waals surface area contributed by atoms with Gasteiger partial charge in [-0.1, -0.05) is 37.3 Å². The first-order valence-electron chi connectivity index (χ1n) is 6.26. The number of nitrogens with zero attached hydrogens (tertiary/aromatic N) is 1. The van der Waals surface area contributed by atoms with Crippen LogP contribution in [0.1, 0.15) is 46.0 Å². The van der Waals surface area contributed by atoms with E-state index in [0.29, 0.717) is 0 Å². The van der Waals surface area contributed by atoms with Crippen molar-refractivity contribution in [3.05, 3.63) is 36.1 Å². The SMILES string of the molecule is C=C/C=C(\C)CC1CC=C(N=CCC)CC1. The van der Waals surface area contributed by atoms with Gasteiger partial charge in [-0.3, -0.25) is 4.99 Å². The molecule has 0 aliphatic heterocycles. The minimum absolute atomic E-state index is 0.803. The van der Waals surface area contributed by atoms with Gasteiger partial charge in [0.1, 0.15) is 0 Å². The molecule has 16 heavy (non-hydrogen) atoms. The van der Waals surface area contributed by atoms with Gasteiger partial charge in [0.2, 0.25) is 0 Å². The van der Waals surface area contributed by atoms with Crippen LogP contribution >= 0.6 is 0 Å². The van der Waals surface area contributed by atoms with Gasteiger partial charge in [0.05, 0.1) is 0 Å². The zero-order valence-corrected chi connectivity index (χ0v) is 10.6. The minimum atomic E-state index is 0.803. The molecule has 0 fully saturated rings. The van der Waals surface area contributed by atoms with E-state index < -0.39 is 0 Å². The number of aliphatic imine (C=N–C) groups is 1. The molecule has 0 spiro atoms. The van der Waals surface area contributed by atoms with E-state index in [4.69, 9.17) is 0 Å². The molecule has 0 aromatic heterocycles. The van der Waals surface area contributed by atoms with Crippen molar-refractivity contribution < 1.29 is 0 Å². The average molecular weight is 217 g/mol. The fraction of sp³-hybridized carbons (Fsp3) is 0.533. The fourth-order valence-electron chi connectivity index (χ4n) is 2.11. The number of hydrogen-bond donors (Lipinski definition) is 0. The lowest BCUT2D eigenvalue weighted by Crippen LogP contribution is -2.05. The third-order valence-electron chi connectivity index (χ3n) is 2.95. The summed E-state index contributed by atoms with van der Waals surface area (Å²) in [4.78, 5) is 4.46. The summed E-state index contributed by atoms with van der Waals surface area (Å²) in [6, 6.07) is 0. The van der Waals surface area contributed by atoms with E-state index >= 15 is 0 Å². The summed E-state index contributed by atoms with van der Waals surface area (Å²) in [7, 11) is 0. The van der Waals surface area contributed by atoms with Crippen LogP contribution < -0.4 is 0 Å². The van der Waals surface area contributed by atoms with Crippen LogP contribution in [0.15, 0.2) is 41.1 Å². The summed E-state index contributed by atoms with van der Waals surface area (Å²) >= 11 is 0. The second kappa shape index (κ2) is 7.21. The first-order chi connectivity index (χ1) is 7.76. The van der Waals surface area contributed by atoms with E-state index in [1.807, 2.05) is 12.3 Å². The van der Waals surface area contributed by atoms with Gasteiger partial charge < -0.3 is 0 Å². The maximum Gasteiger partial charge on any atom is 0.0360 e. The van der Waals surface area contributed by atoms with Crippen molar-refractivity contribution >= 4 is 6.21 Å². The van der Waals surface area contributed by atoms with Crippen molar-refractivity contribution in [3.63, 3.8) is 0 Å². The lowest BCUT2D eigenvalue weighted by Gasteiger charge is -2.20. The zero-order valence-electron chi connectivity index (χ0n) is 10.6. The van der Waals surface area contributed by atoms with Crippen molar-refractivity contribution in [2.24, 2.45) is 10.9 Å². The highest BCUT2D eigenvalue weighted by Crippen LogP contribution is 2.28. The second-order valence-electron chi connectivity index (χ2n) is 4.51. The Hall–Kier alpha value is -1.11. The van der Waals surface area contributed by atoms with Crippen LogP contribution in [0.2, 0.25) is 0 Å². The first-order valence-corrected chi connectivity index (χ1v) is 6.26. The van der Waals surface area contributed by atoms with Crippen molar-refractivity contribution in [2.45, 2.75) is 46.0 Å². The van der Waals surface area contributed by atoms with Crippen molar-refractivity contribution in [1.29, 1.82) is 0 Å². The molecule has 1 rings (SSSR count). The van der Waals surface area contributed by atoms with Crippen LogP contribution in [0.4, 0.5) is 0 Å². The topological polar surface area (TPSA) is 12.4 Å². The molecule has 0 amide bonds. The van der Waals surface area contributed by atoms with E-state index in [9.17, 15) is 0 Å². The first kappa shape index (κ1) is 13.0. The van der Waals surface area contributed by atoms with Gasteiger partial charge >= 0.3 is 0 Å². The van der Waals surface area contributed by atoms with E-state index in [1.54, 1.807) is 0 Å². The smallest absolute Gasteiger partial charge is 0.0360 e. The highest BCUT2D eigenvalue weighted by Gasteiger charge is 2.13. The van der Waals surface area contributed by atoms with Gasteiger partial charge in [0, 0.05) is 11.9 Å². The molecule has 88 valence electrons. The van der Waals surface area contributed by atoms with E-state index in [1.165, 1.54) is 30.5 Å². The fourth-order valence-corrected chi connectivity index (χ4v) is 2.11. The molecule has 0 aromatic rings. The van der Waals surface area contributed by atoms with Crippen LogP contribution in [0.25, 0.3) is 0 Å². The van der Waals surface area contributed by atoms with E-state index in [-0.39, 0.29) is 0 Å². The highest BCUT2D eigenvalue weighted by molar-refractivity contribution is 5.58. The van der Waals surface area contributed by atoms with Gasteiger partial charge in [-0.05, 0) is 44.9 Å². The van der Waals surface area contributed by atoms with Gasteiger partial charge in [-0.15, -0.1) is 0 Å². The molecular weight excluding hydrogens is 194 g/mol. The van der Waals surface area contributed by atoms with E-state index in [2.05, 4.69) is 37.6 Å².